The molecular weight excluding hydrogens is 202 g/mol. The van der Waals surface area contributed by atoms with Crippen LogP contribution in [0.25, 0.3) is 0 Å². The molecule has 0 aliphatic heterocycles. The number of ether oxygens (including phenoxy) is 2. The highest BCUT2D eigenvalue weighted by Crippen LogP contribution is 2.27. The second-order valence-electron chi connectivity index (χ2n) is 4.15. The van der Waals surface area contributed by atoms with Crippen molar-refractivity contribution in [2.45, 2.75) is 25.0 Å². The molecule has 0 heterocycles. The summed E-state index contributed by atoms with van der Waals surface area (Å²) in [6.07, 6.45) is 2.65. The van der Waals surface area contributed by atoms with Crippen molar-refractivity contribution in [3.8, 4) is 5.75 Å². The van der Waals surface area contributed by atoms with Crippen molar-refractivity contribution in [1.82, 2.24) is 5.32 Å². The molecule has 1 aromatic rings. The quantitative estimate of drug-likeness (QED) is 0.798. The number of methoxy groups -OCH3 is 2. The average molecular weight is 221 g/mol. The lowest BCUT2D eigenvalue weighted by molar-refractivity contribution is 0.0995. The molecule has 0 amide bonds. The van der Waals surface area contributed by atoms with E-state index < -0.39 is 0 Å². The molecule has 0 saturated heterocycles. The van der Waals surface area contributed by atoms with Gasteiger partial charge in [0.2, 0.25) is 0 Å². The van der Waals surface area contributed by atoms with Crippen LogP contribution >= 0.6 is 0 Å². The van der Waals surface area contributed by atoms with E-state index in [1.807, 2.05) is 18.2 Å². The number of hydrogen-bond donors (Lipinski definition) is 1. The maximum atomic E-state index is 5.51. The van der Waals surface area contributed by atoms with E-state index >= 15 is 0 Å². The number of rotatable bonds is 6. The summed E-state index contributed by atoms with van der Waals surface area (Å²) in [4.78, 5) is 0. The minimum absolute atomic E-state index is 0.0664. The summed E-state index contributed by atoms with van der Waals surface area (Å²) < 4.78 is 10.9. The van der Waals surface area contributed by atoms with Gasteiger partial charge in [-0.15, -0.1) is 0 Å². The molecule has 1 fully saturated rings. The third-order valence-corrected chi connectivity index (χ3v) is 2.94. The largest absolute Gasteiger partial charge is 0.496 e. The maximum Gasteiger partial charge on any atom is 0.124 e. The Morgan fingerprint density at radius 1 is 1.31 bits per heavy atom. The van der Waals surface area contributed by atoms with Crippen LogP contribution in [0.4, 0.5) is 0 Å². The fraction of sp³-hybridized carbons (Fsp3) is 0.538. The van der Waals surface area contributed by atoms with Crippen LogP contribution in [0.2, 0.25) is 0 Å². The molecule has 1 aromatic carbocycles. The van der Waals surface area contributed by atoms with Crippen molar-refractivity contribution in [1.29, 1.82) is 0 Å². The van der Waals surface area contributed by atoms with Gasteiger partial charge in [0.1, 0.15) is 5.75 Å². The van der Waals surface area contributed by atoms with E-state index in [1.54, 1.807) is 14.2 Å². The highest BCUT2D eigenvalue weighted by Gasteiger charge is 2.23. The Balaban J connectivity index is 2.04. The first-order valence-electron chi connectivity index (χ1n) is 5.74. The molecule has 3 nitrogen and oxygen atoms in total. The molecule has 16 heavy (non-hydrogen) atoms. The molecule has 1 saturated carbocycles. The van der Waals surface area contributed by atoms with Gasteiger partial charge in [-0.25, -0.2) is 0 Å². The average Bonchev–Trinajstić information content (AvgIpc) is 3.14. The Hall–Kier alpha value is -1.06. The summed E-state index contributed by atoms with van der Waals surface area (Å²) in [6, 6.07) is 8.72. The van der Waals surface area contributed by atoms with Gasteiger partial charge in [-0.3, -0.25) is 0 Å². The van der Waals surface area contributed by atoms with E-state index in [9.17, 15) is 0 Å². The first-order valence-corrected chi connectivity index (χ1v) is 5.74. The van der Waals surface area contributed by atoms with Crippen LogP contribution in [0.5, 0.6) is 5.75 Å². The fourth-order valence-electron chi connectivity index (χ4n) is 1.81. The first-order chi connectivity index (χ1) is 7.85. The van der Waals surface area contributed by atoms with Gasteiger partial charge in [0.05, 0.1) is 13.2 Å². The Bertz CT molecular complexity index is 336. The van der Waals surface area contributed by atoms with Crippen LogP contribution in [0, 0.1) is 0 Å². The van der Waals surface area contributed by atoms with E-state index in [0.717, 1.165) is 17.9 Å². The van der Waals surface area contributed by atoms with Crippen molar-refractivity contribution in [2.24, 2.45) is 0 Å². The number of nitrogens with one attached hydrogen (secondary N) is 1. The first kappa shape index (κ1) is 11.4. The summed E-state index contributed by atoms with van der Waals surface area (Å²) in [5.41, 5.74) is 1.11. The predicted molar refractivity (Wildman–Crippen MR) is 63.8 cm³/mol. The third kappa shape index (κ3) is 2.74. The van der Waals surface area contributed by atoms with Gasteiger partial charge in [0.25, 0.3) is 0 Å². The van der Waals surface area contributed by atoms with Gasteiger partial charge in [-0.05, 0) is 18.9 Å². The van der Waals surface area contributed by atoms with Gasteiger partial charge < -0.3 is 14.8 Å². The molecular formula is C13H19NO2. The SMILES string of the molecule is COc1ccccc1C(CNC1CC1)OC. The van der Waals surface area contributed by atoms with E-state index in [-0.39, 0.29) is 6.10 Å². The van der Waals surface area contributed by atoms with E-state index in [2.05, 4.69) is 11.4 Å². The van der Waals surface area contributed by atoms with Gasteiger partial charge in [-0.2, -0.15) is 0 Å². The summed E-state index contributed by atoms with van der Waals surface area (Å²) in [5.74, 6) is 0.895. The van der Waals surface area contributed by atoms with Gasteiger partial charge in [0.15, 0.2) is 0 Å². The zero-order valence-electron chi connectivity index (χ0n) is 9.90. The van der Waals surface area contributed by atoms with Crippen molar-refractivity contribution in [3.63, 3.8) is 0 Å². The van der Waals surface area contributed by atoms with Crippen molar-refractivity contribution in [3.05, 3.63) is 29.8 Å². The second kappa shape index (κ2) is 5.32. The summed E-state index contributed by atoms with van der Waals surface area (Å²) >= 11 is 0. The van der Waals surface area contributed by atoms with E-state index in [0.29, 0.717) is 6.04 Å². The minimum Gasteiger partial charge on any atom is -0.496 e. The lowest BCUT2D eigenvalue weighted by Gasteiger charge is -2.18. The molecule has 1 aliphatic carbocycles. The molecule has 0 aromatic heterocycles. The van der Waals surface area contributed by atoms with Crippen LogP contribution in [-0.2, 0) is 4.74 Å². The molecule has 0 bridgehead atoms. The van der Waals surface area contributed by atoms with Gasteiger partial charge >= 0.3 is 0 Å². The van der Waals surface area contributed by atoms with E-state index in [4.69, 9.17) is 9.47 Å². The molecule has 1 N–H and O–H groups in total. The van der Waals surface area contributed by atoms with Crippen LogP contribution in [0.3, 0.4) is 0 Å². The Morgan fingerprint density at radius 2 is 2.06 bits per heavy atom. The van der Waals surface area contributed by atoms with Crippen molar-refractivity contribution in [2.75, 3.05) is 20.8 Å². The normalized spacial score (nSPS) is 17.1. The van der Waals surface area contributed by atoms with Gasteiger partial charge in [-0.1, -0.05) is 18.2 Å². The molecule has 0 spiro atoms. The maximum absolute atomic E-state index is 5.51. The number of hydrogen-bond acceptors (Lipinski definition) is 3. The molecule has 0 radical (unpaired) electrons. The Labute approximate surface area is 96.8 Å². The van der Waals surface area contributed by atoms with Crippen molar-refractivity contribution < 1.29 is 9.47 Å². The number of benzene rings is 1. The van der Waals surface area contributed by atoms with Crippen LogP contribution in [0.15, 0.2) is 24.3 Å². The zero-order valence-corrected chi connectivity index (χ0v) is 9.90. The summed E-state index contributed by atoms with van der Waals surface area (Å²) in [5, 5.41) is 3.48. The molecule has 1 atom stereocenters. The van der Waals surface area contributed by atoms with Crippen LogP contribution < -0.4 is 10.1 Å². The predicted octanol–water partition coefficient (Wildman–Crippen LogP) is 2.13. The molecule has 3 heteroatoms. The lowest BCUT2D eigenvalue weighted by atomic mass is 10.1. The Morgan fingerprint density at radius 3 is 2.69 bits per heavy atom. The zero-order chi connectivity index (χ0) is 11.4. The summed E-state index contributed by atoms with van der Waals surface area (Å²) in [6.45, 7) is 0.849. The number of para-hydroxylation sites is 1. The van der Waals surface area contributed by atoms with E-state index in [1.165, 1.54) is 12.8 Å². The lowest BCUT2D eigenvalue weighted by Crippen LogP contribution is -2.24. The second-order valence-corrected chi connectivity index (χ2v) is 4.15. The van der Waals surface area contributed by atoms with Crippen molar-refractivity contribution >= 4 is 0 Å². The smallest absolute Gasteiger partial charge is 0.124 e. The van der Waals surface area contributed by atoms with Gasteiger partial charge in [0, 0.05) is 25.3 Å². The topological polar surface area (TPSA) is 30.5 Å². The molecule has 1 aliphatic rings. The highest BCUT2D eigenvalue weighted by molar-refractivity contribution is 5.35. The standard InChI is InChI=1S/C13H19NO2/c1-15-12-6-4-3-5-11(12)13(16-2)9-14-10-7-8-10/h3-6,10,13-14H,7-9H2,1-2H3. The highest BCUT2D eigenvalue weighted by atomic mass is 16.5. The van der Waals surface area contributed by atoms with Crippen LogP contribution in [0.1, 0.15) is 24.5 Å². The molecule has 88 valence electrons. The third-order valence-electron chi connectivity index (χ3n) is 2.94. The monoisotopic (exact) mass is 221 g/mol. The minimum atomic E-state index is 0.0664. The van der Waals surface area contributed by atoms with Crippen LogP contribution in [-0.4, -0.2) is 26.8 Å². The summed E-state index contributed by atoms with van der Waals surface area (Å²) in [7, 11) is 3.44. The molecule has 2 rings (SSSR count). The Kier molecular flexibility index (Phi) is 3.80. The fourth-order valence-corrected chi connectivity index (χ4v) is 1.81. The molecule has 1 unspecified atom stereocenters.